The van der Waals surface area contributed by atoms with Crippen molar-refractivity contribution in [2.24, 2.45) is 0 Å². The van der Waals surface area contributed by atoms with Crippen LogP contribution >= 0.6 is 0 Å². The summed E-state index contributed by atoms with van der Waals surface area (Å²) < 4.78 is 7.82. The average Bonchev–Trinajstić information content (AvgIpc) is 2.27. The van der Waals surface area contributed by atoms with Crippen molar-refractivity contribution in [2.45, 2.75) is 20.8 Å². The van der Waals surface area contributed by atoms with Gasteiger partial charge in [0.15, 0.2) is 0 Å². The molecule has 7 heteroatoms. The van der Waals surface area contributed by atoms with Crippen molar-refractivity contribution in [3.63, 3.8) is 0 Å². The summed E-state index contributed by atoms with van der Waals surface area (Å²) in [7, 11) is 0. The number of carbonyl (C=O) groups excluding carboxylic acids is 3. The second kappa shape index (κ2) is 7.84. The summed E-state index contributed by atoms with van der Waals surface area (Å²) in [6.45, 7) is 15.1. The molecule has 0 aromatic heterocycles. The van der Waals surface area contributed by atoms with Crippen molar-refractivity contribution in [2.75, 3.05) is 0 Å². The number of hydrogen-bond donors (Lipinski definition) is 3. The molecule has 0 spiro atoms. The van der Waals surface area contributed by atoms with Crippen LogP contribution in [0.3, 0.4) is 0 Å². The molecular weight excluding hydrogens is 443 g/mol. The molecule has 104 valence electrons. The van der Waals surface area contributed by atoms with E-state index in [1.54, 1.807) is 20.8 Å². The summed E-state index contributed by atoms with van der Waals surface area (Å²) in [5.74, 6) is -1.20. The summed E-state index contributed by atoms with van der Waals surface area (Å²) in [4.78, 5) is 34.6. The van der Waals surface area contributed by atoms with Crippen LogP contribution in [0.15, 0.2) is 36.5 Å². The number of nitrogens with one attached hydrogen (secondary N) is 3. The van der Waals surface area contributed by atoms with E-state index in [4.69, 9.17) is 0 Å². The van der Waals surface area contributed by atoms with E-state index in [2.05, 4.69) is 29.5 Å². The van der Waals surface area contributed by atoms with Crippen molar-refractivity contribution in [3.8, 4) is 0 Å². The van der Waals surface area contributed by atoms with Crippen LogP contribution in [0.4, 0.5) is 0 Å². The summed E-state index contributed by atoms with van der Waals surface area (Å²) in [5, 5.41) is 0. The zero-order valence-corrected chi connectivity index (χ0v) is 14.8. The van der Waals surface area contributed by atoms with E-state index in [0.717, 1.165) is 0 Å². The molecule has 0 atom stereocenters. The Balaban J connectivity index is 4.82. The van der Waals surface area contributed by atoms with Gasteiger partial charge >= 0.3 is 122 Å². The molecule has 0 aliphatic heterocycles. The molecule has 19 heavy (non-hydrogen) atoms. The molecule has 0 radical (unpaired) electrons. The Kier molecular flexibility index (Phi) is 7.23. The summed E-state index contributed by atoms with van der Waals surface area (Å²) >= 11 is -3.26. The molecule has 3 N–H and O–H groups in total. The molecule has 0 saturated carbocycles. The van der Waals surface area contributed by atoms with E-state index in [1.165, 1.54) is 0 Å². The van der Waals surface area contributed by atoms with Gasteiger partial charge < -0.3 is 0 Å². The standard InChI is InChI=1S/3C4H7NO.Bi/c3*1-3(2)4(5)6;/h3*1H2,2H3,(H2,5,6);/q;;;+3/p-3. The Hall–Kier alpha value is -1.49. The zero-order valence-electron chi connectivity index (χ0n) is 11.3. The molecule has 6 nitrogen and oxygen atoms in total. The van der Waals surface area contributed by atoms with E-state index in [0.29, 0.717) is 16.7 Å². The third kappa shape index (κ3) is 6.86. The maximum atomic E-state index is 11.5. The van der Waals surface area contributed by atoms with Gasteiger partial charge in [0, 0.05) is 0 Å². The third-order valence-electron chi connectivity index (χ3n) is 1.80. The molecule has 0 unspecified atom stereocenters. The first-order chi connectivity index (χ1) is 8.65. The van der Waals surface area contributed by atoms with Gasteiger partial charge in [-0.15, -0.1) is 0 Å². The molecule has 0 fully saturated rings. The Morgan fingerprint density at radius 1 is 0.684 bits per heavy atom. The first-order valence-electron chi connectivity index (χ1n) is 5.34. The zero-order chi connectivity index (χ0) is 15.2. The van der Waals surface area contributed by atoms with Crippen LogP contribution in [0.1, 0.15) is 20.8 Å². The van der Waals surface area contributed by atoms with E-state index < -0.39 is 40.3 Å². The van der Waals surface area contributed by atoms with Gasteiger partial charge in [-0.05, 0) is 0 Å². The normalized spacial score (nSPS) is 9.47. The molecule has 0 aliphatic rings. The quantitative estimate of drug-likeness (QED) is 0.386. The molecule has 0 rings (SSSR count). The SMILES string of the molecule is C=C(C)C(=O)[NH][Bi]([NH]C(=O)C(=C)C)[NH]C(=O)C(=C)C. The minimum absolute atomic E-state index is 0.300. The van der Waals surface area contributed by atoms with Gasteiger partial charge in [-0.2, -0.15) is 0 Å². The van der Waals surface area contributed by atoms with Crippen molar-refractivity contribution in [1.82, 2.24) is 9.78 Å². The Bertz CT molecular complexity index is 391. The monoisotopic (exact) mass is 461 g/mol. The first-order valence-corrected chi connectivity index (χ1v) is 10.6. The van der Waals surface area contributed by atoms with Crippen molar-refractivity contribution in [3.05, 3.63) is 36.5 Å². The number of hydrogen-bond acceptors (Lipinski definition) is 3. The predicted octanol–water partition coefficient (Wildman–Crippen LogP) is 0.0482. The van der Waals surface area contributed by atoms with Crippen LogP contribution in [0.5, 0.6) is 0 Å². The van der Waals surface area contributed by atoms with Crippen LogP contribution in [-0.4, -0.2) is 40.3 Å². The topological polar surface area (TPSA) is 87.3 Å². The van der Waals surface area contributed by atoms with Gasteiger partial charge in [0.2, 0.25) is 0 Å². The fourth-order valence-electron chi connectivity index (χ4n) is 0.675. The Labute approximate surface area is 121 Å². The third-order valence-corrected chi connectivity index (χ3v) is 6.78. The van der Waals surface area contributed by atoms with Gasteiger partial charge in [-0.1, -0.05) is 0 Å². The summed E-state index contributed by atoms with van der Waals surface area (Å²) in [6, 6.07) is 0. The summed E-state index contributed by atoms with van der Waals surface area (Å²) in [6.07, 6.45) is 0. The van der Waals surface area contributed by atoms with Crippen LogP contribution in [-0.2, 0) is 14.4 Å². The Morgan fingerprint density at radius 2 is 0.895 bits per heavy atom. The fraction of sp³-hybridized carbons (Fsp3) is 0.250. The molecule has 0 bridgehead atoms. The predicted molar refractivity (Wildman–Crippen MR) is 74.6 cm³/mol. The molecule has 0 aliphatic carbocycles. The van der Waals surface area contributed by atoms with Gasteiger partial charge in [-0.3, -0.25) is 0 Å². The second-order valence-corrected chi connectivity index (χ2v) is 9.21. The molecular formula is C12H18BiN3O3. The van der Waals surface area contributed by atoms with E-state index in [-0.39, 0.29) is 0 Å². The van der Waals surface area contributed by atoms with Crippen LogP contribution < -0.4 is 9.78 Å². The number of carbonyl (C=O) groups is 3. The van der Waals surface area contributed by atoms with Crippen molar-refractivity contribution >= 4 is 40.3 Å². The molecule has 3 amide bonds. The number of amides is 3. The first kappa shape index (κ1) is 17.5. The van der Waals surface area contributed by atoms with Crippen LogP contribution in [0.25, 0.3) is 0 Å². The maximum absolute atomic E-state index is 11.5. The van der Waals surface area contributed by atoms with Crippen molar-refractivity contribution in [1.29, 1.82) is 0 Å². The molecule has 0 saturated heterocycles. The molecule has 0 aromatic rings. The second-order valence-electron chi connectivity index (χ2n) is 4.00. The minimum atomic E-state index is -3.26. The van der Waals surface area contributed by atoms with E-state index >= 15 is 0 Å². The summed E-state index contributed by atoms with van der Waals surface area (Å²) in [5.41, 5.74) is 0.900. The van der Waals surface area contributed by atoms with Gasteiger partial charge in [0.25, 0.3) is 0 Å². The van der Waals surface area contributed by atoms with Crippen molar-refractivity contribution < 1.29 is 14.4 Å². The van der Waals surface area contributed by atoms with E-state index in [1.807, 2.05) is 0 Å². The number of rotatable bonds is 6. The average molecular weight is 461 g/mol. The van der Waals surface area contributed by atoms with Gasteiger partial charge in [0.1, 0.15) is 0 Å². The molecule has 0 heterocycles. The Morgan fingerprint density at radius 3 is 1.05 bits per heavy atom. The van der Waals surface area contributed by atoms with Crippen LogP contribution in [0, 0.1) is 0 Å². The molecule has 0 aromatic carbocycles. The van der Waals surface area contributed by atoms with E-state index in [9.17, 15) is 14.4 Å². The fourth-order valence-corrected chi connectivity index (χ4v) is 5.92. The van der Waals surface area contributed by atoms with Crippen LogP contribution in [0.2, 0.25) is 0 Å². The van der Waals surface area contributed by atoms with Gasteiger partial charge in [-0.25, -0.2) is 0 Å². The van der Waals surface area contributed by atoms with Gasteiger partial charge in [0.05, 0.1) is 0 Å².